The summed E-state index contributed by atoms with van der Waals surface area (Å²) in [6.45, 7) is 6.75. The van der Waals surface area contributed by atoms with E-state index in [0.29, 0.717) is 13.2 Å². The van der Waals surface area contributed by atoms with Crippen molar-refractivity contribution in [3.63, 3.8) is 0 Å². The normalized spacial score (nSPS) is 11.0. The van der Waals surface area contributed by atoms with Gasteiger partial charge in [0.25, 0.3) is 0 Å². The highest BCUT2D eigenvalue weighted by molar-refractivity contribution is 9.10. The molecule has 36 heavy (non-hydrogen) atoms. The lowest BCUT2D eigenvalue weighted by atomic mass is 10.1. The van der Waals surface area contributed by atoms with Crippen molar-refractivity contribution in [2.75, 3.05) is 18.9 Å². The molecule has 0 aliphatic rings. The van der Waals surface area contributed by atoms with Crippen LogP contribution in [0.25, 0.3) is 5.69 Å². The van der Waals surface area contributed by atoms with Crippen LogP contribution in [-0.2, 0) is 13.2 Å². The molecule has 0 spiro atoms. The van der Waals surface area contributed by atoms with E-state index in [0.717, 1.165) is 63.2 Å². The number of tetrazole rings is 1. The van der Waals surface area contributed by atoms with Crippen LogP contribution >= 0.6 is 27.7 Å². The Kier molecular flexibility index (Phi) is 9.77. The molecule has 0 unspecified atom stereocenters. The van der Waals surface area contributed by atoms with Crippen molar-refractivity contribution in [1.29, 1.82) is 0 Å². The number of hydrogen-bond acceptors (Lipinski definition) is 7. The predicted molar refractivity (Wildman–Crippen MR) is 147 cm³/mol. The average Bonchev–Trinajstić information content (AvgIpc) is 3.36. The smallest absolute Gasteiger partial charge is 0.214 e. The predicted octanol–water partition coefficient (Wildman–Crippen LogP) is 5.98. The van der Waals surface area contributed by atoms with Gasteiger partial charge in [-0.3, -0.25) is 0 Å². The summed E-state index contributed by atoms with van der Waals surface area (Å²) in [5.74, 6) is 2.41. The van der Waals surface area contributed by atoms with E-state index in [9.17, 15) is 0 Å². The highest BCUT2D eigenvalue weighted by Crippen LogP contribution is 2.34. The molecule has 1 aromatic heterocycles. The molecule has 4 rings (SSSR count). The molecule has 9 heteroatoms. The number of para-hydroxylation sites is 1. The van der Waals surface area contributed by atoms with Crippen LogP contribution in [-0.4, -0.2) is 39.1 Å². The maximum absolute atomic E-state index is 6.10. The summed E-state index contributed by atoms with van der Waals surface area (Å²) < 4.78 is 14.8. The lowest BCUT2D eigenvalue weighted by Gasteiger charge is -2.16. The molecule has 7 nitrogen and oxygen atoms in total. The molecule has 1 N–H and O–H groups in total. The number of aryl methyl sites for hydroxylation is 1. The van der Waals surface area contributed by atoms with Gasteiger partial charge >= 0.3 is 0 Å². The number of hydrogen-bond donors (Lipinski definition) is 1. The van der Waals surface area contributed by atoms with Gasteiger partial charge in [-0.1, -0.05) is 75.7 Å². The molecule has 0 aliphatic heterocycles. The Hall–Kier alpha value is -2.88. The van der Waals surface area contributed by atoms with Gasteiger partial charge in [-0.2, -0.15) is 4.68 Å². The second kappa shape index (κ2) is 13.4. The number of thioether (sulfide) groups is 1. The second-order valence-corrected chi connectivity index (χ2v) is 10.1. The van der Waals surface area contributed by atoms with Gasteiger partial charge in [0.1, 0.15) is 6.61 Å². The van der Waals surface area contributed by atoms with E-state index in [1.807, 2.05) is 49.4 Å². The van der Waals surface area contributed by atoms with Gasteiger partial charge in [-0.25, -0.2) is 0 Å². The van der Waals surface area contributed by atoms with Crippen molar-refractivity contribution in [3.8, 4) is 17.2 Å². The number of halogens is 1. The van der Waals surface area contributed by atoms with Crippen molar-refractivity contribution < 1.29 is 9.47 Å². The van der Waals surface area contributed by atoms with Crippen molar-refractivity contribution >= 4 is 27.7 Å². The third kappa shape index (κ3) is 7.32. The minimum Gasteiger partial charge on any atom is -0.490 e. The Morgan fingerprint density at radius 3 is 2.64 bits per heavy atom. The number of ether oxygens (including phenoxy) is 2. The fourth-order valence-electron chi connectivity index (χ4n) is 3.64. The lowest BCUT2D eigenvalue weighted by Crippen LogP contribution is -2.16. The van der Waals surface area contributed by atoms with Crippen LogP contribution in [0.1, 0.15) is 30.0 Å². The van der Waals surface area contributed by atoms with Crippen LogP contribution in [0.15, 0.2) is 76.4 Å². The number of aromatic nitrogens is 4. The summed E-state index contributed by atoms with van der Waals surface area (Å²) in [6, 6.07) is 22.3. The largest absolute Gasteiger partial charge is 0.490 e. The number of rotatable bonds is 13. The third-order valence-electron chi connectivity index (χ3n) is 5.38. The minimum absolute atomic E-state index is 0.497. The quantitative estimate of drug-likeness (QED) is 0.157. The third-order valence-corrected chi connectivity index (χ3v) is 7.12. The standard InChI is InChI=1S/C27H30BrN5O2S/c1-3-34-25-16-22(24(28)17-26(25)35-19-21-10-7-9-20(2)15-21)18-29-13-8-14-36-27-30-31-32-33(27)23-11-5-4-6-12-23/h4-7,9-12,15-17,29H,3,8,13-14,18-19H2,1-2H3. The van der Waals surface area contributed by atoms with Gasteiger partial charge < -0.3 is 14.8 Å². The molecular formula is C27H30BrN5O2S. The molecular weight excluding hydrogens is 538 g/mol. The number of benzene rings is 3. The zero-order chi connectivity index (χ0) is 25.2. The van der Waals surface area contributed by atoms with Crippen LogP contribution in [0.5, 0.6) is 11.5 Å². The first kappa shape index (κ1) is 26.2. The summed E-state index contributed by atoms with van der Waals surface area (Å²) in [4.78, 5) is 0. The van der Waals surface area contributed by atoms with Crippen LogP contribution in [0.3, 0.4) is 0 Å². The minimum atomic E-state index is 0.497. The zero-order valence-electron chi connectivity index (χ0n) is 20.5. The summed E-state index contributed by atoms with van der Waals surface area (Å²) >= 11 is 5.36. The fraction of sp³-hybridized carbons (Fsp3) is 0.296. The monoisotopic (exact) mass is 567 g/mol. The Morgan fingerprint density at radius 1 is 1.00 bits per heavy atom. The Balaban J connectivity index is 1.26. The van der Waals surface area contributed by atoms with Crippen molar-refractivity contribution in [1.82, 2.24) is 25.5 Å². The van der Waals surface area contributed by atoms with Crippen LogP contribution in [0.2, 0.25) is 0 Å². The molecule has 0 saturated heterocycles. The van der Waals surface area contributed by atoms with Crippen LogP contribution < -0.4 is 14.8 Å². The summed E-state index contributed by atoms with van der Waals surface area (Å²) in [6.07, 6.45) is 0.986. The molecule has 0 bridgehead atoms. The molecule has 4 aromatic rings. The maximum Gasteiger partial charge on any atom is 0.214 e. The van der Waals surface area contributed by atoms with Crippen LogP contribution in [0, 0.1) is 6.92 Å². The second-order valence-electron chi connectivity index (χ2n) is 8.19. The Morgan fingerprint density at radius 2 is 1.83 bits per heavy atom. The molecule has 0 amide bonds. The molecule has 0 fully saturated rings. The van der Waals surface area contributed by atoms with E-state index < -0.39 is 0 Å². The van der Waals surface area contributed by atoms with Gasteiger partial charge in [-0.05, 0) is 72.6 Å². The molecule has 0 atom stereocenters. The first-order valence-electron chi connectivity index (χ1n) is 11.9. The molecule has 0 saturated carbocycles. The van der Waals surface area contributed by atoms with E-state index in [4.69, 9.17) is 9.47 Å². The Bertz CT molecular complexity index is 1250. The summed E-state index contributed by atoms with van der Waals surface area (Å²) in [5, 5.41) is 16.4. The zero-order valence-corrected chi connectivity index (χ0v) is 22.9. The number of nitrogens with zero attached hydrogens (tertiary/aromatic N) is 4. The van der Waals surface area contributed by atoms with Gasteiger partial charge in [0.2, 0.25) is 5.16 Å². The first-order valence-corrected chi connectivity index (χ1v) is 13.7. The van der Waals surface area contributed by atoms with Crippen molar-refractivity contribution in [3.05, 3.63) is 87.9 Å². The highest BCUT2D eigenvalue weighted by Gasteiger charge is 2.12. The lowest BCUT2D eigenvalue weighted by molar-refractivity contribution is 0.269. The van der Waals surface area contributed by atoms with Crippen molar-refractivity contribution in [2.45, 2.75) is 38.6 Å². The molecule has 0 radical (unpaired) electrons. The first-order chi connectivity index (χ1) is 17.6. The van der Waals surface area contributed by atoms with Gasteiger partial charge in [0.05, 0.1) is 12.3 Å². The number of nitrogens with one attached hydrogen (secondary N) is 1. The maximum atomic E-state index is 6.10. The SMILES string of the molecule is CCOc1cc(CNCCCSc2nnnn2-c2ccccc2)c(Br)cc1OCc1cccc(C)c1. The topological polar surface area (TPSA) is 74.1 Å². The van der Waals surface area contributed by atoms with Gasteiger partial charge in [0, 0.05) is 16.8 Å². The van der Waals surface area contributed by atoms with E-state index >= 15 is 0 Å². The fourth-order valence-corrected chi connectivity index (χ4v) is 4.93. The molecule has 1 heterocycles. The Labute approximate surface area is 224 Å². The van der Waals surface area contributed by atoms with Gasteiger partial charge in [-0.15, -0.1) is 5.10 Å². The van der Waals surface area contributed by atoms with Gasteiger partial charge in [0.15, 0.2) is 11.5 Å². The van der Waals surface area contributed by atoms with Crippen LogP contribution in [0.4, 0.5) is 0 Å². The average molecular weight is 569 g/mol. The molecule has 3 aromatic carbocycles. The van der Waals surface area contributed by atoms with E-state index in [-0.39, 0.29) is 0 Å². The van der Waals surface area contributed by atoms with E-state index in [2.05, 4.69) is 68.0 Å². The molecule has 0 aliphatic carbocycles. The van der Waals surface area contributed by atoms with E-state index in [1.54, 1.807) is 16.4 Å². The highest BCUT2D eigenvalue weighted by atomic mass is 79.9. The van der Waals surface area contributed by atoms with Crippen molar-refractivity contribution in [2.24, 2.45) is 0 Å². The molecule has 188 valence electrons. The summed E-state index contributed by atoms with van der Waals surface area (Å²) in [7, 11) is 0. The van der Waals surface area contributed by atoms with E-state index in [1.165, 1.54) is 5.56 Å². The summed E-state index contributed by atoms with van der Waals surface area (Å²) in [5.41, 5.74) is 4.44.